The van der Waals surface area contributed by atoms with Crippen molar-refractivity contribution in [3.05, 3.63) is 0 Å². The molecule has 1 heterocycles. The van der Waals surface area contributed by atoms with Gasteiger partial charge in [0.25, 0.3) is 0 Å². The Labute approximate surface area is 116 Å². The van der Waals surface area contributed by atoms with Gasteiger partial charge in [0, 0.05) is 12.8 Å². The second-order valence-electron chi connectivity index (χ2n) is 5.68. The minimum absolute atomic E-state index is 0.0409. The molecule has 19 heavy (non-hydrogen) atoms. The third kappa shape index (κ3) is 6.39. The molecule has 0 radical (unpaired) electrons. The van der Waals surface area contributed by atoms with Gasteiger partial charge in [0.15, 0.2) is 5.79 Å². The van der Waals surface area contributed by atoms with E-state index in [1.807, 2.05) is 13.8 Å². The maximum Gasteiger partial charge on any atom is 0.305 e. The Bertz CT molecular complexity index is 271. The molecule has 0 saturated carbocycles. The Kier molecular flexibility index (Phi) is 6.80. The Morgan fingerprint density at radius 1 is 1.37 bits per heavy atom. The summed E-state index contributed by atoms with van der Waals surface area (Å²) in [6.45, 7) is 9.09. The van der Waals surface area contributed by atoms with Crippen LogP contribution in [0.2, 0.25) is 0 Å². The van der Waals surface area contributed by atoms with Gasteiger partial charge in [-0.15, -0.1) is 0 Å². The molecule has 0 aromatic rings. The van der Waals surface area contributed by atoms with E-state index in [1.165, 1.54) is 0 Å². The van der Waals surface area contributed by atoms with Gasteiger partial charge in [-0.3, -0.25) is 4.79 Å². The van der Waals surface area contributed by atoms with Crippen molar-refractivity contribution in [3.63, 3.8) is 0 Å². The van der Waals surface area contributed by atoms with Crippen molar-refractivity contribution in [1.82, 2.24) is 0 Å². The Hall–Kier alpha value is -0.610. The molecule has 4 nitrogen and oxygen atoms in total. The molecule has 0 aromatic heterocycles. The van der Waals surface area contributed by atoms with E-state index >= 15 is 0 Å². The summed E-state index contributed by atoms with van der Waals surface area (Å²) in [5.41, 5.74) is 0. The van der Waals surface area contributed by atoms with Crippen molar-refractivity contribution in [2.45, 2.75) is 71.7 Å². The zero-order valence-electron chi connectivity index (χ0n) is 12.7. The van der Waals surface area contributed by atoms with Crippen LogP contribution < -0.4 is 0 Å². The molecule has 112 valence electrons. The Morgan fingerprint density at radius 3 is 2.63 bits per heavy atom. The first kappa shape index (κ1) is 16.4. The lowest BCUT2D eigenvalue weighted by Crippen LogP contribution is -2.41. The fourth-order valence-electron chi connectivity index (χ4n) is 2.32. The third-order valence-corrected chi connectivity index (χ3v) is 3.68. The number of esters is 1. The summed E-state index contributed by atoms with van der Waals surface area (Å²) in [6, 6.07) is 0. The molecule has 0 amide bonds. The average molecular weight is 272 g/mol. The maximum absolute atomic E-state index is 11.7. The molecule has 1 atom stereocenters. The van der Waals surface area contributed by atoms with Crippen LogP contribution in [-0.4, -0.2) is 31.1 Å². The van der Waals surface area contributed by atoms with E-state index in [1.54, 1.807) is 0 Å². The first-order valence-electron chi connectivity index (χ1n) is 7.44. The standard InChI is InChI=1S/C15H28O4/c1-5-12(6-2)7-8-14(16)17-11-13-9-10-18-15(3,4)19-13/h12-13H,5-11H2,1-4H3. The number of hydrogen-bond acceptors (Lipinski definition) is 4. The number of carbonyl (C=O) groups is 1. The molecule has 0 spiro atoms. The SMILES string of the molecule is CCC(CC)CCC(=O)OCC1CCOC(C)(C)O1. The highest BCUT2D eigenvalue weighted by molar-refractivity contribution is 5.69. The lowest BCUT2D eigenvalue weighted by molar-refractivity contribution is -0.279. The van der Waals surface area contributed by atoms with Gasteiger partial charge in [0.1, 0.15) is 6.61 Å². The summed E-state index contributed by atoms with van der Waals surface area (Å²) in [7, 11) is 0. The zero-order valence-corrected chi connectivity index (χ0v) is 12.7. The van der Waals surface area contributed by atoms with Crippen molar-refractivity contribution in [1.29, 1.82) is 0 Å². The first-order valence-corrected chi connectivity index (χ1v) is 7.44. The van der Waals surface area contributed by atoms with Crippen LogP contribution >= 0.6 is 0 Å². The summed E-state index contributed by atoms with van der Waals surface area (Å²) < 4.78 is 16.4. The van der Waals surface area contributed by atoms with Crippen LogP contribution in [0.4, 0.5) is 0 Å². The normalized spacial score (nSPS) is 22.5. The monoisotopic (exact) mass is 272 g/mol. The number of hydrogen-bond donors (Lipinski definition) is 0. The van der Waals surface area contributed by atoms with Crippen LogP contribution in [0.1, 0.15) is 59.8 Å². The topological polar surface area (TPSA) is 44.8 Å². The fraction of sp³-hybridized carbons (Fsp3) is 0.933. The van der Waals surface area contributed by atoms with Crippen molar-refractivity contribution < 1.29 is 19.0 Å². The predicted molar refractivity (Wildman–Crippen MR) is 73.8 cm³/mol. The largest absolute Gasteiger partial charge is 0.463 e. The molecule has 1 fully saturated rings. The third-order valence-electron chi connectivity index (χ3n) is 3.68. The van der Waals surface area contributed by atoms with Crippen LogP contribution in [0, 0.1) is 5.92 Å². The van der Waals surface area contributed by atoms with Crippen molar-refractivity contribution >= 4 is 5.97 Å². The Balaban J connectivity index is 2.19. The van der Waals surface area contributed by atoms with Gasteiger partial charge in [-0.2, -0.15) is 0 Å². The highest BCUT2D eigenvalue weighted by Crippen LogP contribution is 2.22. The van der Waals surface area contributed by atoms with E-state index in [4.69, 9.17) is 14.2 Å². The quantitative estimate of drug-likeness (QED) is 0.667. The highest BCUT2D eigenvalue weighted by Gasteiger charge is 2.30. The minimum Gasteiger partial charge on any atom is -0.463 e. The van der Waals surface area contributed by atoms with Crippen LogP contribution in [0.3, 0.4) is 0 Å². The van der Waals surface area contributed by atoms with Gasteiger partial charge >= 0.3 is 5.97 Å². The lowest BCUT2D eigenvalue weighted by Gasteiger charge is -2.35. The number of carbonyl (C=O) groups excluding carboxylic acids is 1. The van der Waals surface area contributed by atoms with E-state index in [2.05, 4.69) is 13.8 Å². The van der Waals surface area contributed by atoms with E-state index in [0.29, 0.717) is 25.6 Å². The van der Waals surface area contributed by atoms with Crippen LogP contribution in [0.15, 0.2) is 0 Å². The molecular weight excluding hydrogens is 244 g/mol. The molecule has 0 N–H and O–H groups in total. The van der Waals surface area contributed by atoms with E-state index in [0.717, 1.165) is 25.7 Å². The second-order valence-corrected chi connectivity index (χ2v) is 5.68. The molecule has 1 saturated heterocycles. The molecule has 1 aliphatic rings. The van der Waals surface area contributed by atoms with Crippen molar-refractivity contribution in [3.8, 4) is 0 Å². The summed E-state index contributed by atoms with van der Waals surface area (Å²) in [5.74, 6) is -0.0456. The van der Waals surface area contributed by atoms with Crippen LogP contribution in [-0.2, 0) is 19.0 Å². The molecule has 1 unspecified atom stereocenters. The molecule has 4 heteroatoms. The summed E-state index contributed by atoms with van der Waals surface area (Å²) >= 11 is 0. The van der Waals surface area contributed by atoms with Gasteiger partial charge in [-0.25, -0.2) is 0 Å². The second kappa shape index (κ2) is 7.85. The van der Waals surface area contributed by atoms with Gasteiger partial charge in [-0.05, 0) is 26.2 Å². The Morgan fingerprint density at radius 2 is 2.05 bits per heavy atom. The maximum atomic E-state index is 11.7. The molecule has 0 bridgehead atoms. The number of ether oxygens (including phenoxy) is 3. The predicted octanol–water partition coefficient (Wildman–Crippen LogP) is 3.29. The molecule has 1 aliphatic heterocycles. The van der Waals surface area contributed by atoms with E-state index in [-0.39, 0.29) is 12.1 Å². The van der Waals surface area contributed by atoms with Crippen molar-refractivity contribution in [2.75, 3.05) is 13.2 Å². The van der Waals surface area contributed by atoms with Gasteiger partial charge in [-0.1, -0.05) is 26.7 Å². The zero-order chi connectivity index (χ0) is 14.3. The fourth-order valence-corrected chi connectivity index (χ4v) is 2.32. The minimum atomic E-state index is -0.565. The number of rotatable bonds is 7. The van der Waals surface area contributed by atoms with E-state index in [9.17, 15) is 4.79 Å². The average Bonchev–Trinajstić information content (AvgIpc) is 2.36. The summed E-state index contributed by atoms with van der Waals surface area (Å²) in [6.07, 6.45) is 4.43. The molecule has 1 rings (SSSR count). The van der Waals surface area contributed by atoms with Crippen LogP contribution in [0.25, 0.3) is 0 Å². The summed E-state index contributed by atoms with van der Waals surface area (Å²) in [4.78, 5) is 11.7. The van der Waals surface area contributed by atoms with E-state index < -0.39 is 5.79 Å². The molecule has 0 aliphatic carbocycles. The first-order chi connectivity index (χ1) is 8.96. The summed E-state index contributed by atoms with van der Waals surface area (Å²) in [5, 5.41) is 0. The molecule has 0 aromatic carbocycles. The highest BCUT2D eigenvalue weighted by atomic mass is 16.7. The van der Waals surface area contributed by atoms with Gasteiger partial charge < -0.3 is 14.2 Å². The smallest absolute Gasteiger partial charge is 0.305 e. The molecular formula is C15H28O4. The van der Waals surface area contributed by atoms with Crippen molar-refractivity contribution in [2.24, 2.45) is 5.92 Å². The lowest BCUT2D eigenvalue weighted by atomic mass is 9.98. The van der Waals surface area contributed by atoms with Gasteiger partial charge in [0.05, 0.1) is 12.7 Å². The van der Waals surface area contributed by atoms with Gasteiger partial charge in [0.2, 0.25) is 0 Å². The van der Waals surface area contributed by atoms with Crippen LogP contribution in [0.5, 0.6) is 0 Å².